The lowest BCUT2D eigenvalue weighted by Gasteiger charge is -1.93. The van der Waals surface area contributed by atoms with Gasteiger partial charge in [-0.1, -0.05) is 78.4 Å². The van der Waals surface area contributed by atoms with Gasteiger partial charge in [0.2, 0.25) is 0 Å². The fourth-order valence-electron chi connectivity index (χ4n) is 1.83. The van der Waals surface area contributed by atoms with Crippen molar-refractivity contribution in [1.82, 2.24) is 0 Å². The number of rotatable bonds is 1. The second-order valence-corrected chi connectivity index (χ2v) is 4.26. The molecule has 1 aliphatic carbocycles. The smallest absolute Gasteiger partial charge is 0.00484 e. The van der Waals surface area contributed by atoms with Crippen LogP contribution in [-0.4, -0.2) is 0 Å². The van der Waals surface area contributed by atoms with Crippen LogP contribution in [0.25, 0.3) is 12.2 Å². The Balaban J connectivity index is 0.000000134. The number of fused-ring (bicyclic) bond motifs is 1. The zero-order valence-corrected chi connectivity index (χ0v) is 10.8. The number of allylic oxidation sites excluding steroid dienone is 1. The van der Waals surface area contributed by atoms with Crippen molar-refractivity contribution >= 4 is 23.8 Å². The number of hydrogen-bond donors (Lipinski definition) is 0. The minimum atomic E-state index is 1.12. The van der Waals surface area contributed by atoms with Crippen LogP contribution in [0.4, 0.5) is 0 Å². The molecule has 18 heavy (non-hydrogen) atoms. The lowest BCUT2D eigenvalue weighted by Crippen LogP contribution is -1.76. The molecule has 0 nitrogen and oxygen atoms in total. The quantitative estimate of drug-likeness (QED) is 0.660. The van der Waals surface area contributed by atoms with Gasteiger partial charge in [0.25, 0.3) is 0 Å². The molecule has 0 aliphatic heterocycles. The largest absolute Gasteiger partial charge is 0.0929 e. The third-order valence-electron chi connectivity index (χ3n) is 2.75. The van der Waals surface area contributed by atoms with Crippen molar-refractivity contribution in [3.63, 3.8) is 0 Å². The first-order valence-corrected chi connectivity index (χ1v) is 6.40. The predicted molar refractivity (Wildman–Crippen MR) is 80.5 cm³/mol. The summed E-state index contributed by atoms with van der Waals surface area (Å²) in [6.07, 6.45) is 7.34. The molecule has 0 amide bonds. The second kappa shape index (κ2) is 6.83. The van der Waals surface area contributed by atoms with E-state index in [2.05, 4.69) is 36.4 Å². The molecule has 0 atom stereocenters. The summed E-state index contributed by atoms with van der Waals surface area (Å²) in [4.78, 5) is 0. The Morgan fingerprint density at radius 3 is 2.33 bits per heavy atom. The van der Waals surface area contributed by atoms with E-state index < -0.39 is 0 Å². The van der Waals surface area contributed by atoms with E-state index in [9.17, 15) is 0 Å². The highest BCUT2D eigenvalue weighted by Crippen LogP contribution is 2.17. The molecule has 0 fully saturated rings. The number of halogens is 1. The fourth-order valence-corrected chi connectivity index (χ4v) is 1.98. The molecule has 1 heteroatoms. The summed E-state index contributed by atoms with van der Waals surface area (Å²) in [5, 5.41) is 0. The van der Waals surface area contributed by atoms with Crippen molar-refractivity contribution in [2.24, 2.45) is 0 Å². The maximum Gasteiger partial charge on any atom is 0.00484 e. The molecule has 0 bridgehead atoms. The summed E-state index contributed by atoms with van der Waals surface area (Å²) in [5.41, 5.74) is 5.48. The first kappa shape index (κ1) is 12.7. The first-order chi connectivity index (χ1) is 8.90. The molecule has 90 valence electrons. The standard InChI is InChI=1S/C9H8.C8H7Cl/c1-2-5-9-7-3-6-8(9)4-1;9-7-6-8-4-2-1-3-5-8/h1-6H,7H2;1-7H. The summed E-state index contributed by atoms with van der Waals surface area (Å²) in [6, 6.07) is 18.4. The van der Waals surface area contributed by atoms with Crippen LogP contribution in [0.3, 0.4) is 0 Å². The van der Waals surface area contributed by atoms with E-state index in [1.165, 1.54) is 16.7 Å². The van der Waals surface area contributed by atoms with E-state index in [1.54, 1.807) is 0 Å². The second-order valence-electron chi connectivity index (χ2n) is 4.01. The van der Waals surface area contributed by atoms with Gasteiger partial charge in [0.15, 0.2) is 0 Å². The Labute approximate surface area is 113 Å². The minimum absolute atomic E-state index is 1.12. The topological polar surface area (TPSA) is 0 Å². The normalized spacial score (nSPS) is 12.1. The zero-order valence-electron chi connectivity index (χ0n) is 10.1. The summed E-state index contributed by atoms with van der Waals surface area (Å²) in [5.74, 6) is 0. The Bertz CT molecular complexity index is 539. The number of benzene rings is 2. The molecular weight excluding hydrogens is 240 g/mol. The lowest BCUT2D eigenvalue weighted by atomic mass is 10.1. The highest BCUT2D eigenvalue weighted by molar-refractivity contribution is 6.27. The molecule has 0 radical (unpaired) electrons. The monoisotopic (exact) mass is 254 g/mol. The van der Waals surface area contributed by atoms with Gasteiger partial charge in [0.1, 0.15) is 0 Å². The van der Waals surface area contributed by atoms with E-state index in [4.69, 9.17) is 11.6 Å². The Hall–Kier alpha value is -1.79. The average Bonchev–Trinajstić information content (AvgIpc) is 2.89. The van der Waals surface area contributed by atoms with Gasteiger partial charge in [0.05, 0.1) is 0 Å². The minimum Gasteiger partial charge on any atom is -0.0929 e. The highest BCUT2D eigenvalue weighted by Gasteiger charge is 2.00. The fraction of sp³-hybridized carbons (Fsp3) is 0.0588. The predicted octanol–water partition coefficient (Wildman–Crippen LogP) is 5.15. The van der Waals surface area contributed by atoms with Crippen LogP contribution < -0.4 is 0 Å². The van der Waals surface area contributed by atoms with Crippen LogP contribution in [0.1, 0.15) is 16.7 Å². The van der Waals surface area contributed by atoms with Gasteiger partial charge in [0, 0.05) is 5.54 Å². The zero-order chi connectivity index (χ0) is 12.6. The maximum atomic E-state index is 5.36. The SMILES string of the molecule is C1=Cc2ccccc2C1.ClC=Cc1ccccc1. The van der Waals surface area contributed by atoms with Crippen LogP contribution in [0, 0.1) is 0 Å². The molecule has 1 aliphatic rings. The summed E-state index contributed by atoms with van der Waals surface area (Å²) < 4.78 is 0. The molecule has 0 saturated heterocycles. The molecule has 0 spiro atoms. The van der Waals surface area contributed by atoms with Crippen molar-refractivity contribution in [3.05, 3.63) is 82.9 Å². The van der Waals surface area contributed by atoms with Crippen LogP contribution in [0.2, 0.25) is 0 Å². The summed E-state index contributed by atoms with van der Waals surface area (Å²) in [6.45, 7) is 0. The lowest BCUT2D eigenvalue weighted by molar-refractivity contribution is 1.31. The molecule has 0 aromatic heterocycles. The third-order valence-corrected chi connectivity index (χ3v) is 2.87. The van der Waals surface area contributed by atoms with Gasteiger partial charge in [-0.3, -0.25) is 0 Å². The van der Waals surface area contributed by atoms with Crippen molar-refractivity contribution in [2.75, 3.05) is 0 Å². The van der Waals surface area contributed by atoms with Gasteiger partial charge >= 0.3 is 0 Å². The van der Waals surface area contributed by atoms with Gasteiger partial charge in [-0.15, -0.1) is 0 Å². The number of hydrogen-bond acceptors (Lipinski definition) is 0. The van der Waals surface area contributed by atoms with Crippen molar-refractivity contribution in [3.8, 4) is 0 Å². The maximum absolute atomic E-state index is 5.36. The molecule has 2 aromatic rings. The average molecular weight is 255 g/mol. The van der Waals surface area contributed by atoms with Crippen molar-refractivity contribution in [2.45, 2.75) is 6.42 Å². The molecule has 0 saturated carbocycles. The van der Waals surface area contributed by atoms with E-state index in [0.717, 1.165) is 12.0 Å². The van der Waals surface area contributed by atoms with Gasteiger partial charge in [-0.05, 0) is 29.2 Å². The molecule has 0 heterocycles. The summed E-state index contributed by atoms with van der Waals surface area (Å²) >= 11 is 5.36. The van der Waals surface area contributed by atoms with Crippen LogP contribution in [0.15, 0.2) is 66.2 Å². The first-order valence-electron chi connectivity index (χ1n) is 5.96. The van der Waals surface area contributed by atoms with E-state index >= 15 is 0 Å². The molecule has 0 unspecified atom stereocenters. The highest BCUT2D eigenvalue weighted by atomic mass is 35.5. The van der Waals surface area contributed by atoms with Crippen LogP contribution in [0.5, 0.6) is 0 Å². The van der Waals surface area contributed by atoms with Crippen molar-refractivity contribution < 1.29 is 0 Å². The van der Waals surface area contributed by atoms with E-state index in [0.29, 0.717) is 0 Å². The van der Waals surface area contributed by atoms with Crippen molar-refractivity contribution in [1.29, 1.82) is 0 Å². The molecular formula is C17H15Cl. The van der Waals surface area contributed by atoms with E-state index in [1.807, 2.05) is 36.4 Å². The van der Waals surface area contributed by atoms with Gasteiger partial charge in [-0.2, -0.15) is 0 Å². The molecule has 0 N–H and O–H groups in total. The summed E-state index contributed by atoms with van der Waals surface area (Å²) in [7, 11) is 0. The van der Waals surface area contributed by atoms with Crippen LogP contribution in [-0.2, 0) is 6.42 Å². The van der Waals surface area contributed by atoms with Gasteiger partial charge in [-0.25, -0.2) is 0 Å². The molecule has 3 rings (SSSR count). The Kier molecular flexibility index (Phi) is 4.80. The third kappa shape index (κ3) is 3.61. The van der Waals surface area contributed by atoms with Crippen LogP contribution >= 0.6 is 11.6 Å². The molecule has 2 aromatic carbocycles. The Morgan fingerprint density at radius 2 is 1.61 bits per heavy atom. The Morgan fingerprint density at radius 1 is 0.889 bits per heavy atom. The van der Waals surface area contributed by atoms with Gasteiger partial charge < -0.3 is 0 Å². The van der Waals surface area contributed by atoms with E-state index in [-0.39, 0.29) is 0 Å².